The minimum absolute atomic E-state index is 0.243. The summed E-state index contributed by atoms with van der Waals surface area (Å²) in [6.45, 7) is 2.68. The molecule has 0 radical (unpaired) electrons. The molecular formula is C23H22N4O3. The van der Waals surface area contributed by atoms with Crippen LogP contribution in [0.3, 0.4) is 0 Å². The molecule has 0 bridgehead atoms. The van der Waals surface area contributed by atoms with Crippen molar-refractivity contribution >= 4 is 11.0 Å². The SMILES string of the molecule is COc1ccc(-c2cc(C)nn2-c2cnc3ccccc3n2)cc1OC1CCCO1. The molecule has 152 valence electrons. The highest BCUT2D eigenvalue weighted by Crippen LogP contribution is 2.35. The molecule has 0 aliphatic carbocycles. The van der Waals surface area contributed by atoms with Gasteiger partial charge in [-0.1, -0.05) is 12.1 Å². The molecule has 0 spiro atoms. The molecule has 7 nitrogen and oxygen atoms in total. The van der Waals surface area contributed by atoms with Crippen LogP contribution in [0.4, 0.5) is 0 Å². The van der Waals surface area contributed by atoms with Crippen molar-refractivity contribution in [3.63, 3.8) is 0 Å². The van der Waals surface area contributed by atoms with Crippen molar-refractivity contribution in [2.45, 2.75) is 26.1 Å². The van der Waals surface area contributed by atoms with Gasteiger partial charge in [0, 0.05) is 12.0 Å². The van der Waals surface area contributed by atoms with Crippen LogP contribution in [0.15, 0.2) is 54.7 Å². The third kappa shape index (κ3) is 3.48. The van der Waals surface area contributed by atoms with Gasteiger partial charge in [0.2, 0.25) is 0 Å². The fourth-order valence-corrected chi connectivity index (χ4v) is 3.64. The van der Waals surface area contributed by atoms with Gasteiger partial charge in [0.25, 0.3) is 0 Å². The van der Waals surface area contributed by atoms with E-state index < -0.39 is 0 Å². The third-order valence-corrected chi connectivity index (χ3v) is 5.09. The van der Waals surface area contributed by atoms with Crippen molar-refractivity contribution in [3.8, 4) is 28.6 Å². The number of ether oxygens (including phenoxy) is 3. The van der Waals surface area contributed by atoms with Crippen LogP contribution < -0.4 is 9.47 Å². The molecule has 1 aliphatic rings. The van der Waals surface area contributed by atoms with Crippen molar-refractivity contribution in [2.24, 2.45) is 0 Å². The smallest absolute Gasteiger partial charge is 0.200 e. The summed E-state index contributed by atoms with van der Waals surface area (Å²) < 4.78 is 19.0. The van der Waals surface area contributed by atoms with Crippen molar-refractivity contribution in [3.05, 3.63) is 60.4 Å². The molecule has 30 heavy (non-hydrogen) atoms. The minimum atomic E-state index is -0.243. The molecule has 2 aromatic carbocycles. The lowest BCUT2D eigenvalue weighted by Gasteiger charge is -2.16. The Hall–Kier alpha value is -3.45. The molecule has 2 aromatic heterocycles. The van der Waals surface area contributed by atoms with Crippen LogP contribution in [0, 0.1) is 6.92 Å². The monoisotopic (exact) mass is 402 g/mol. The Morgan fingerprint density at radius 1 is 1.07 bits per heavy atom. The van der Waals surface area contributed by atoms with Crippen molar-refractivity contribution in [1.82, 2.24) is 19.7 Å². The lowest BCUT2D eigenvalue weighted by Crippen LogP contribution is -2.14. The molecule has 4 aromatic rings. The van der Waals surface area contributed by atoms with Crippen LogP contribution in [0.1, 0.15) is 18.5 Å². The normalized spacial score (nSPS) is 16.1. The maximum absolute atomic E-state index is 6.06. The van der Waals surface area contributed by atoms with Gasteiger partial charge in [-0.15, -0.1) is 0 Å². The van der Waals surface area contributed by atoms with E-state index in [1.54, 1.807) is 13.3 Å². The summed E-state index contributed by atoms with van der Waals surface area (Å²) in [6, 6.07) is 15.7. The highest BCUT2D eigenvalue weighted by atomic mass is 16.7. The Morgan fingerprint density at radius 3 is 2.73 bits per heavy atom. The van der Waals surface area contributed by atoms with E-state index in [1.165, 1.54) is 0 Å². The Balaban J connectivity index is 1.57. The fourth-order valence-electron chi connectivity index (χ4n) is 3.64. The lowest BCUT2D eigenvalue weighted by molar-refractivity contribution is -0.0402. The topological polar surface area (TPSA) is 71.3 Å². The number of aromatic nitrogens is 4. The van der Waals surface area contributed by atoms with E-state index in [1.807, 2.05) is 60.1 Å². The van der Waals surface area contributed by atoms with Gasteiger partial charge >= 0.3 is 0 Å². The van der Waals surface area contributed by atoms with Gasteiger partial charge in [-0.3, -0.25) is 4.98 Å². The third-order valence-electron chi connectivity index (χ3n) is 5.09. The van der Waals surface area contributed by atoms with Gasteiger partial charge < -0.3 is 14.2 Å². The van der Waals surface area contributed by atoms with Crippen LogP contribution in [0.25, 0.3) is 28.1 Å². The number of nitrogens with zero attached hydrogens (tertiary/aromatic N) is 4. The summed E-state index contributed by atoms with van der Waals surface area (Å²) in [5.74, 6) is 1.98. The second-order valence-corrected chi connectivity index (χ2v) is 7.23. The predicted octanol–water partition coefficient (Wildman–Crippen LogP) is 4.31. The van der Waals surface area contributed by atoms with E-state index in [4.69, 9.17) is 19.2 Å². The zero-order valence-corrected chi connectivity index (χ0v) is 16.9. The van der Waals surface area contributed by atoms with E-state index in [-0.39, 0.29) is 6.29 Å². The number of para-hydroxylation sites is 2. The van der Waals surface area contributed by atoms with E-state index in [0.717, 1.165) is 47.4 Å². The van der Waals surface area contributed by atoms with Crippen molar-refractivity contribution in [2.75, 3.05) is 13.7 Å². The number of rotatable bonds is 5. The van der Waals surface area contributed by atoms with Gasteiger partial charge in [0.15, 0.2) is 23.6 Å². The molecule has 1 atom stereocenters. The second-order valence-electron chi connectivity index (χ2n) is 7.23. The first-order valence-corrected chi connectivity index (χ1v) is 9.97. The van der Waals surface area contributed by atoms with Crippen molar-refractivity contribution in [1.29, 1.82) is 0 Å². The Kier molecular flexibility index (Phi) is 4.80. The van der Waals surface area contributed by atoms with Gasteiger partial charge in [-0.25, -0.2) is 9.67 Å². The highest BCUT2D eigenvalue weighted by Gasteiger charge is 2.20. The Morgan fingerprint density at radius 2 is 1.93 bits per heavy atom. The average Bonchev–Trinajstić information content (AvgIpc) is 3.43. The first kappa shape index (κ1) is 18.6. The zero-order valence-electron chi connectivity index (χ0n) is 16.9. The highest BCUT2D eigenvalue weighted by molar-refractivity contribution is 5.75. The molecule has 1 saturated heterocycles. The summed E-state index contributed by atoms with van der Waals surface area (Å²) >= 11 is 0. The lowest BCUT2D eigenvalue weighted by atomic mass is 10.1. The van der Waals surface area contributed by atoms with Crippen molar-refractivity contribution < 1.29 is 14.2 Å². The summed E-state index contributed by atoms with van der Waals surface area (Å²) in [5, 5.41) is 4.66. The predicted molar refractivity (Wildman–Crippen MR) is 113 cm³/mol. The number of aryl methyl sites for hydroxylation is 1. The molecule has 1 fully saturated rings. The van der Waals surface area contributed by atoms with Crippen LogP contribution in [-0.4, -0.2) is 39.8 Å². The Labute approximate surface area is 174 Å². The second kappa shape index (κ2) is 7.76. The number of hydrogen-bond acceptors (Lipinski definition) is 6. The maximum atomic E-state index is 6.06. The number of fused-ring (bicyclic) bond motifs is 1. The van der Waals surface area contributed by atoms with Gasteiger partial charge in [0.05, 0.1) is 42.3 Å². The minimum Gasteiger partial charge on any atom is -0.493 e. The standard InChI is InChI=1S/C23H22N4O3/c1-15-12-19(27(26-15)22-14-24-17-6-3-4-7-18(17)25-22)16-9-10-20(28-2)21(13-16)30-23-8-5-11-29-23/h3-4,6-7,9-10,12-14,23H,5,8,11H2,1-2H3. The Bertz CT molecular complexity index is 1200. The van der Waals surface area contributed by atoms with E-state index in [9.17, 15) is 0 Å². The van der Waals surface area contributed by atoms with Crippen LogP contribution in [0.2, 0.25) is 0 Å². The molecule has 7 heteroatoms. The first-order chi connectivity index (χ1) is 14.7. The average molecular weight is 402 g/mol. The number of hydrogen-bond donors (Lipinski definition) is 0. The van der Waals surface area contributed by atoms with E-state index >= 15 is 0 Å². The molecule has 5 rings (SSSR count). The molecular weight excluding hydrogens is 380 g/mol. The summed E-state index contributed by atoms with van der Waals surface area (Å²) in [5.41, 5.74) is 4.41. The maximum Gasteiger partial charge on any atom is 0.200 e. The summed E-state index contributed by atoms with van der Waals surface area (Å²) in [4.78, 5) is 9.28. The van der Waals surface area contributed by atoms with Gasteiger partial charge in [-0.2, -0.15) is 5.10 Å². The number of methoxy groups -OCH3 is 1. The number of benzene rings is 2. The van der Waals surface area contributed by atoms with Crippen LogP contribution in [-0.2, 0) is 4.74 Å². The molecule has 0 saturated carbocycles. The van der Waals surface area contributed by atoms with E-state index in [2.05, 4.69) is 10.1 Å². The first-order valence-electron chi connectivity index (χ1n) is 9.97. The zero-order chi connectivity index (χ0) is 20.5. The molecule has 3 heterocycles. The van der Waals surface area contributed by atoms with Gasteiger partial charge in [0.1, 0.15) is 0 Å². The van der Waals surface area contributed by atoms with Crippen LogP contribution >= 0.6 is 0 Å². The fraction of sp³-hybridized carbons (Fsp3) is 0.261. The molecule has 1 aliphatic heterocycles. The molecule has 0 amide bonds. The van der Waals surface area contributed by atoms with E-state index in [0.29, 0.717) is 17.3 Å². The quantitative estimate of drug-likeness (QED) is 0.495. The molecule has 0 N–H and O–H groups in total. The van der Waals surface area contributed by atoms with Gasteiger partial charge in [-0.05, 0) is 49.7 Å². The largest absolute Gasteiger partial charge is 0.493 e. The van der Waals surface area contributed by atoms with Crippen LogP contribution in [0.5, 0.6) is 11.5 Å². The summed E-state index contributed by atoms with van der Waals surface area (Å²) in [7, 11) is 1.64. The molecule has 1 unspecified atom stereocenters. The summed E-state index contributed by atoms with van der Waals surface area (Å²) in [6.07, 6.45) is 3.37.